The zero-order valence-corrected chi connectivity index (χ0v) is 16.3. The second-order valence-corrected chi connectivity index (χ2v) is 6.61. The Balaban J connectivity index is 1.83. The molecule has 8 heteroatoms. The van der Waals surface area contributed by atoms with E-state index in [-0.39, 0.29) is 16.7 Å². The summed E-state index contributed by atoms with van der Waals surface area (Å²) in [6, 6.07) is 14.1. The van der Waals surface area contributed by atoms with E-state index in [1.54, 1.807) is 16.7 Å². The van der Waals surface area contributed by atoms with Crippen LogP contribution in [0.15, 0.2) is 59.7 Å². The van der Waals surface area contributed by atoms with E-state index in [1.165, 1.54) is 36.5 Å². The molecule has 3 rings (SSSR count). The molecule has 0 saturated heterocycles. The molecule has 3 aromatic rings. The summed E-state index contributed by atoms with van der Waals surface area (Å²) >= 11 is 0. The standard InChI is InChI=1S/C22H19N3O5/c1-13-3-4-14(2)25(13)19-11-17(9-10-18(19)22(29)30)20(26)24-23-12-15-5-7-16(8-6-15)21(27)28/h3-12H,1-2H3,(H,24,26)(H,27,28)(H,29,30)/b23-12+. The molecule has 8 nitrogen and oxygen atoms in total. The van der Waals surface area contributed by atoms with E-state index in [1.807, 2.05) is 26.0 Å². The maximum atomic E-state index is 12.5. The lowest BCUT2D eigenvalue weighted by Gasteiger charge is -2.14. The van der Waals surface area contributed by atoms with Crippen molar-refractivity contribution in [2.45, 2.75) is 13.8 Å². The summed E-state index contributed by atoms with van der Waals surface area (Å²) in [5.74, 6) is -2.62. The van der Waals surface area contributed by atoms with E-state index in [4.69, 9.17) is 5.11 Å². The number of nitrogens with one attached hydrogen (secondary N) is 1. The molecule has 0 unspecified atom stereocenters. The molecule has 0 saturated carbocycles. The second kappa shape index (κ2) is 8.44. The first-order valence-corrected chi connectivity index (χ1v) is 8.97. The highest BCUT2D eigenvalue weighted by molar-refractivity contribution is 5.99. The number of carbonyl (C=O) groups excluding carboxylic acids is 1. The van der Waals surface area contributed by atoms with Gasteiger partial charge < -0.3 is 14.8 Å². The summed E-state index contributed by atoms with van der Waals surface area (Å²) in [7, 11) is 0. The molecule has 0 atom stereocenters. The minimum atomic E-state index is -1.09. The van der Waals surface area contributed by atoms with Crippen LogP contribution >= 0.6 is 0 Å². The molecule has 0 bridgehead atoms. The molecule has 1 amide bonds. The van der Waals surface area contributed by atoms with Gasteiger partial charge in [-0.05, 0) is 61.9 Å². The summed E-state index contributed by atoms with van der Waals surface area (Å²) in [6.45, 7) is 3.70. The Bertz CT molecular complexity index is 1140. The van der Waals surface area contributed by atoms with Gasteiger partial charge in [-0.3, -0.25) is 4.79 Å². The van der Waals surface area contributed by atoms with Gasteiger partial charge in [0.1, 0.15) is 0 Å². The lowest BCUT2D eigenvalue weighted by molar-refractivity contribution is 0.0686. The van der Waals surface area contributed by atoms with Crippen LogP contribution in [0, 0.1) is 13.8 Å². The number of carboxylic acids is 2. The summed E-state index contributed by atoms with van der Waals surface area (Å²) in [5, 5.41) is 22.3. The fourth-order valence-corrected chi connectivity index (χ4v) is 3.03. The monoisotopic (exact) mass is 405 g/mol. The van der Waals surface area contributed by atoms with Crippen molar-refractivity contribution in [3.8, 4) is 5.69 Å². The topological polar surface area (TPSA) is 121 Å². The number of benzene rings is 2. The van der Waals surface area contributed by atoms with Crippen molar-refractivity contribution in [1.82, 2.24) is 9.99 Å². The van der Waals surface area contributed by atoms with Gasteiger partial charge in [-0.15, -0.1) is 0 Å². The zero-order valence-electron chi connectivity index (χ0n) is 16.3. The number of amides is 1. The fraction of sp³-hybridized carbons (Fsp3) is 0.0909. The highest BCUT2D eigenvalue weighted by Crippen LogP contribution is 2.22. The smallest absolute Gasteiger partial charge is 0.337 e. The number of hydrazone groups is 1. The van der Waals surface area contributed by atoms with Gasteiger partial charge in [0.05, 0.1) is 23.0 Å². The van der Waals surface area contributed by atoms with Gasteiger partial charge in [0.25, 0.3) is 5.91 Å². The first kappa shape index (κ1) is 20.5. The van der Waals surface area contributed by atoms with Crippen molar-refractivity contribution >= 4 is 24.1 Å². The normalized spacial score (nSPS) is 10.9. The average Bonchev–Trinajstić information content (AvgIpc) is 3.05. The summed E-state index contributed by atoms with van der Waals surface area (Å²) in [5.41, 5.74) is 5.56. The molecule has 0 fully saturated rings. The fourth-order valence-electron chi connectivity index (χ4n) is 3.03. The van der Waals surface area contributed by atoms with Crippen molar-refractivity contribution in [1.29, 1.82) is 0 Å². The minimum Gasteiger partial charge on any atom is -0.478 e. The van der Waals surface area contributed by atoms with Gasteiger partial charge in [0.15, 0.2) is 0 Å². The van der Waals surface area contributed by atoms with Gasteiger partial charge in [0, 0.05) is 17.0 Å². The predicted molar refractivity (Wildman–Crippen MR) is 111 cm³/mol. The minimum absolute atomic E-state index is 0.0796. The third kappa shape index (κ3) is 4.27. The maximum absolute atomic E-state index is 12.5. The van der Waals surface area contributed by atoms with Crippen LogP contribution in [0.25, 0.3) is 5.69 Å². The number of nitrogens with zero attached hydrogens (tertiary/aromatic N) is 2. The average molecular weight is 405 g/mol. The van der Waals surface area contributed by atoms with E-state index in [0.717, 1.165) is 11.4 Å². The Hall–Kier alpha value is -4.20. The molecule has 1 heterocycles. The van der Waals surface area contributed by atoms with Crippen LogP contribution in [-0.4, -0.2) is 38.8 Å². The Labute approximate surface area is 172 Å². The van der Waals surface area contributed by atoms with Gasteiger partial charge in [0.2, 0.25) is 0 Å². The number of aromatic carboxylic acids is 2. The molecular weight excluding hydrogens is 386 g/mol. The molecule has 0 aliphatic carbocycles. The van der Waals surface area contributed by atoms with E-state index >= 15 is 0 Å². The quantitative estimate of drug-likeness (QED) is 0.429. The number of hydrogen-bond acceptors (Lipinski definition) is 4. The van der Waals surface area contributed by atoms with Crippen molar-refractivity contribution in [2.75, 3.05) is 0 Å². The van der Waals surface area contributed by atoms with Gasteiger partial charge in [-0.1, -0.05) is 12.1 Å². The van der Waals surface area contributed by atoms with Crippen molar-refractivity contribution in [3.05, 3.63) is 88.2 Å². The molecule has 1 aromatic heterocycles. The van der Waals surface area contributed by atoms with Crippen molar-refractivity contribution in [2.24, 2.45) is 5.10 Å². The lowest BCUT2D eigenvalue weighted by Crippen LogP contribution is -2.19. The highest BCUT2D eigenvalue weighted by Gasteiger charge is 2.17. The van der Waals surface area contributed by atoms with Crippen molar-refractivity contribution in [3.63, 3.8) is 0 Å². The molecule has 0 spiro atoms. The Morgan fingerprint density at radius 1 is 0.867 bits per heavy atom. The van der Waals surface area contributed by atoms with E-state index < -0.39 is 17.8 Å². The number of rotatable bonds is 6. The van der Waals surface area contributed by atoms with Gasteiger partial charge in [-0.2, -0.15) is 5.10 Å². The third-order valence-electron chi connectivity index (χ3n) is 4.54. The maximum Gasteiger partial charge on any atom is 0.337 e. The highest BCUT2D eigenvalue weighted by atomic mass is 16.4. The molecule has 0 aliphatic heterocycles. The number of aryl methyl sites for hydroxylation is 2. The van der Waals surface area contributed by atoms with E-state index in [0.29, 0.717) is 11.3 Å². The van der Waals surface area contributed by atoms with E-state index in [9.17, 15) is 19.5 Å². The van der Waals surface area contributed by atoms with Crippen LogP contribution < -0.4 is 5.43 Å². The van der Waals surface area contributed by atoms with E-state index in [2.05, 4.69) is 10.5 Å². The Morgan fingerprint density at radius 2 is 1.47 bits per heavy atom. The summed E-state index contributed by atoms with van der Waals surface area (Å²) in [6.07, 6.45) is 1.39. The Kier molecular flexibility index (Phi) is 5.78. The van der Waals surface area contributed by atoms with Gasteiger partial charge >= 0.3 is 11.9 Å². The molecule has 2 aromatic carbocycles. The predicted octanol–water partition coefficient (Wildman–Crippen LogP) is 3.25. The first-order valence-electron chi connectivity index (χ1n) is 8.97. The molecule has 3 N–H and O–H groups in total. The number of carbonyl (C=O) groups is 3. The van der Waals surface area contributed by atoms with Crippen LogP contribution in [0.5, 0.6) is 0 Å². The molecule has 0 aliphatic rings. The molecule has 0 radical (unpaired) electrons. The lowest BCUT2D eigenvalue weighted by atomic mass is 10.1. The zero-order chi connectivity index (χ0) is 21.8. The first-order chi connectivity index (χ1) is 14.3. The Morgan fingerprint density at radius 3 is 2.03 bits per heavy atom. The number of hydrogen-bond donors (Lipinski definition) is 3. The van der Waals surface area contributed by atoms with Crippen LogP contribution in [0.1, 0.15) is 48.0 Å². The third-order valence-corrected chi connectivity index (χ3v) is 4.54. The van der Waals surface area contributed by atoms with Crippen molar-refractivity contribution < 1.29 is 24.6 Å². The SMILES string of the molecule is Cc1ccc(C)n1-c1cc(C(=O)N/N=C/c2ccc(C(=O)O)cc2)ccc1C(=O)O. The summed E-state index contributed by atoms with van der Waals surface area (Å²) in [4.78, 5) is 35.0. The largest absolute Gasteiger partial charge is 0.478 e. The van der Waals surface area contributed by atoms with Crippen LogP contribution in [0.3, 0.4) is 0 Å². The number of carboxylic acid groups (broad SMARTS) is 2. The molecular formula is C22H19N3O5. The summed E-state index contributed by atoms with van der Waals surface area (Å²) < 4.78 is 1.77. The number of aromatic nitrogens is 1. The van der Waals surface area contributed by atoms with Crippen LogP contribution in [0.4, 0.5) is 0 Å². The van der Waals surface area contributed by atoms with Crippen LogP contribution in [0.2, 0.25) is 0 Å². The molecule has 30 heavy (non-hydrogen) atoms. The van der Waals surface area contributed by atoms with Crippen LogP contribution in [-0.2, 0) is 0 Å². The molecule has 152 valence electrons. The van der Waals surface area contributed by atoms with Gasteiger partial charge in [-0.25, -0.2) is 15.0 Å². The second-order valence-electron chi connectivity index (χ2n) is 6.61.